The second kappa shape index (κ2) is 10.6. The molecule has 3 aromatic rings. The van der Waals surface area contributed by atoms with Crippen LogP contribution in [0.1, 0.15) is 17.3 Å². The maximum atomic E-state index is 14.0. The summed E-state index contributed by atoms with van der Waals surface area (Å²) in [6, 6.07) is 12.2. The van der Waals surface area contributed by atoms with Crippen molar-refractivity contribution >= 4 is 38.9 Å². The predicted molar refractivity (Wildman–Crippen MR) is 127 cm³/mol. The van der Waals surface area contributed by atoms with E-state index in [4.69, 9.17) is 25.8 Å². The van der Waals surface area contributed by atoms with Crippen LogP contribution in [-0.4, -0.2) is 35.2 Å². The molecule has 0 atom stereocenters. The van der Waals surface area contributed by atoms with Gasteiger partial charge in [-0.2, -0.15) is 0 Å². The van der Waals surface area contributed by atoms with Gasteiger partial charge in [0.25, 0.3) is 15.9 Å². The summed E-state index contributed by atoms with van der Waals surface area (Å²) in [5, 5.41) is 2.76. The number of nitrogens with one attached hydrogen (secondary N) is 2. The topological polar surface area (TPSA) is 103 Å². The molecule has 0 saturated heterocycles. The first-order valence-corrected chi connectivity index (χ1v) is 11.8. The summed E-state index contributed by atoms with van der Waals surface area (Å²) >= 11 is 6.08. The molecule has 2 N–H and O–H groups in total. The molecule has 3 aromatic carbocycles. The molecule has 0 bridgehead atoms. The van der Waals surface area contributed by atoms with E-state index in [9.17, 15) is 17.6 Å². The number of ether oxygens (including phenoxy) is 3. The van der Waals surface area contributed by atoms with Crippen LogP contribution in [-0.2, 0) is 10.0 Å². The van der Waals surface area contributed by atoms with Gasteiger partial charge in [0.05, 0.1) is 47.7 Å². The Labute approximate surface area is 201 Å². The van der Waals surface area contributed by atoms with Crippen molar-refractivity contribution in [3.8, 4) is 17.2 Å². The minimum Gasteiger partial charge on any atom is -0.495 e. The average Bonchev–Trinajstić information content (AvgIpc) is 2.81. The normalized spacial score (nSPS) is 11.0. The Morgan fingerprint density at radius 2 is 1.68 bits per heavy atom. The Balaban J connectivity index is 1.98. The molecule has 0 aliphatic rings. The summed E-state index contributed by atoms with van der Waals surface area (Å²) in [5.41, 5.74) is -0.0532. The lowest BCUT2D eigenvalue weighted by atomic mass is 10.2. The van der Waals surface area contributed by atoms with E-state index in [0.29, 0.717) is 0 Å². The molecule has 0 radical (unpaired) electrons. The maximum Gasteiger partial charge on any atom is 0.262 e. The minimum atomic E-state index is -4.16. The molecule has 0 aliphatic heterocycles. The first-order valence-electron chi connectivity index (χ1n) is 9.97. The first kappa shape index (κ1) is 25.1. The molecular formula is C23H22ClFN2O6S. The van der Waals surface area contributed by atoms with Gasteiger partial charge in [-0.05, 0) is 37.3 Å². The van der Waals surface area contributed by atoms with Gasteiger partial charge in [-0.25, -0.2) is 12.8 Å². The minimum absolute atomic E-state index is 0.0543. The van der Waals surface area contributed by atoms with E-state index >= 15 is 0 Å². The summed E-state index contributed by atoms with van der Waals surface area (Å²) in [7, 11) is -1.40. The van der Waals surface area contributed by atoms with E-state index in [-0.39, 0.29) is 50.7 Å². The van der Waals surface area contributed by atoms with Crippen molar-refractivity contribution in [2.75, 3.05) is 30.9 Å². The Bertz CT molecular complexity index is 1320. The van der Waals surface area contributed by atoms with Crippen LogP contribution in [0.5, 0.6) is 17.2 Å². The molecule has 11 heteroatoms. The predicted octanol–water partition coefficient (Wildman–Crippen LogP) is 4.95. The molecule has 0 saturated carbocycles. The van der Waals surface area contributed by atoms with Gasteiger partial charge in [-0.15, -0.1) is 0 Å². The number of halogens is 2. The van der Waals surface area contributed by atoms with E-state index in [1.165, 1.54) is 62.8 Å². The average molecular weight is 509 g/mol. The van der Waals surface area contributed by atoms with Crippen molar-refractivity contribution in [3.05, 3.63) is 71.0 Å². The van der Waals surface area contributed by atoms with Gasteiger partial charge < -0.3 is 19.5 Å². The van der Waals surface area contributed by atoms with E-state index in [2.05, 4.69) is 10.0 Å². The number of anilines is 2. The number of benzene rings is 3. The largest absolute Gasteiger partial charge is 0.495 e. The highest BCUT2D eigenvalue weighted by Crippen LogP contribution is 2.37. The molecule has 0 heterocycles. The molecule has 0 fully saturated rings. The molecule has 1 amide bonds. The van der Waals surface area contributed by atoms with Crippen LogP contribution in [0.15, 0.2) is 59.5 Å². The smallest absolute Gasteiger partial charge is 0.262 e. The number of hydrogen-bond acceptors (Lipinski definition) is 6. The van der Waals surface area contributed by atoms with Crippen LogP contribution in [0, 0.1) is 5.82 Å². The second-order valence-corrected chi connectivity index (χ2v) is 8.91. The van der Waals surface area contributed by atoms with Gasteiger partial charge in [-0.3, -0.25) is 9.52 Å². The monoisotopic (exact) mass is 508 g/mol. The van der Waals surface area contributed by atoms with Crippen molar-refractivity contribution < 1.29 is 31.8 Å². The quantitative estimate of drug-likeness (QED) is 0.424. The van der Waals surface area contributed by atoms with Gasteiger partial charge in [0.2, 0.25) is 0 Å². The third-order valence-electron chi connectivity index (χ3n) is 4.65. The number of amides is 1. The van der Waals surface area contributed by atoms with Crippen LogP contribution in [0.25, 0.3) is 0 Å². The zero-order valence-corrected chi connectivity index (χ0v) is 20.1. The maximum absolute atomic E-state index is 14.0. The van der Waals surface area contributed by atoms with Crippen molar-refractivity contribution in [1.29, 1.82) is 0 Å². The SMILES string of the molecule is CCOc1ccc(S(=O)(=O)Nc2cc(OC)c(Cl)cc2OC)cc1NC(=O)c1ccccc1F. The van der Waals surface area contributed by atoms with Crippen molar-refractivity contribution in [1.82, 2.24) is 0 Å². The highest BCUT2D eigenvalue weighted by molar-refractivity contribution is 7.92. The number of hydrogen-bond donors (Lipinski definition) is 2. The van der Waals surface area contributed by atoms with Crippen molar-refractivity contribution in [2.45, 2.75) is 11.8 Å². The molecule has 0 aliphatic carbocycles. The third-order valence-corrected chi connectivity index (χ3v) is 6.30. The number of sulfonamides is 1. The Morgan fingerprint density at radius 1 is 0.971 bits per heavy atom. The highest BCUT2D eigenvalue weighted by Gasteiger charge is 2.22. The molecule has 180 valence electrons. The second-order valence-electron chi connectivity index (χ2n) is 6.82. The fourth-order valence-electron chi connectivity index (χ4n) is 3.03. The van der Waals surface area contributed by atoms with Crippen LogP contribution in [0.2, 0.25) is 5.02 Å². The van der Waals surface area contributed by atoms with Crippen molar-refractivity contribution in [3.63, 3.8) is 0 Å². The number of carbonyl (C=O) groups excluding carboxylic acids is 1. The molecule has 0 spiro atoms. The van der Waals surface area contributed by atoms with Gasteiger partial charge in [0.15, 0.2) is 0 Å². The van der Waals surface area contributed by atoms with Gasteiger partial charge in [0.1, 0.15) is 23.1 Å². The van der Waals surface area contributed by atoms with E-state index in [1.807, 2.05) is 0 Å². The summed E-state index contributed by atoms with van der Waals surface area (Å²) in [5.74, 6) is -0.840. The first-order chi connectivity index (χ1) is 16.2. The van der Waals surface area contributed by atoms with E-state index in [1.54, 1.807) is 6.92 Å². The Hall–Kier alpha value is -3.50. The Morgan fingerprint density at radius 3 is 2.32 bits per heavy atom. The molecule has 34 heavy (non-hydrogen) atoms. The third kappa shape index (κ3) is 5.52. The molecule has 0 unspecified atom stereocenters. The summed E-state index contributed by atoms with van der Waals surface area (Å²) < 4.78 is 58.6. The fraction of sp³-hybridized carbons (Fsp3) is 0.174. The number of rotatable bonds is 9. The zero-order valence-electron chi connectivity index (χ0n) is 18.5. The highest BCUT2D eigenvalue weighted by atomic mass is 35.5. The zero-order chi connectivity index (χ0) is 24.9. The number of methoxy groups -OCH3 is 2. The number of carbonyl (C=O) groups is 1. The summed E-state index contributed by atoms with van der Waals surface area (Å²) in [6.07, 6.45) is 0. The van der Waals surface area contributed by atoms with E-state index < -0.39 is 21.7 Å². The van der Waals surface area contributed by atoms with Crippen LogP contribution in [0.3, 0.4) is 0 Å². The van der Waals surface area contributed by atoms with Crippen molar-refractivity contribution in [2.24, 2.45) is 0 Å². The molecule has 8 nitrogen and oxygen atoms in total. The van der Waals surface area contributed by atoms with Crippen LogP contribution < -0.4 is 24.2 Å². The Kier molecular flexibility index (Phi) is 7.85. The molecular weight excluding hydrogens is 487 g/mol. The fourth-order valence-corrected chi connectivity index (χ4v) is 4.35. The van der Waals surface area contributed by atoms with Crippen LogP contribution in [0.4, 0.5) is 15.8 Å². The lowest BCUT2D eigenvalue weighted by Crippen LogP contribution is -2.17. The summed E-state index contributed by atoms with van der Waals surface area (Å²) in [4.78, 5) is 12.4. The van der Waals surface area contributed by atoms with Crippen LogP contribution >= 0.6 is 11.6 Å². The summed E-state index contributed by atoms with van der Waals surface area (Å²) in [6.45, 7) is 1.99. The van der Waals surface area contributed by atoms with E-state index in [0.717, 1.165) is 6.07 Å². The van der Waals surface area contributed by atoms with Gasteiger partial charge >= 0.3 is 0 Å². The molecule has 3 rings (SSSR count). The lowest BCUT2D eigenvalue weighted by Gasteiger charge is -2.16. The van der Waals surface area contributed by atoms with Gasteiger partial charge in [-0.1, -0.05) is 23.7 Å². The lowest BCUT2D eigenvalue weighted by molar-refractivity contribution is 0.102. The van der Waals surface area contributed by atoms with Gasteiger partial charge in [0, 0.05) is 12.1 Å². The standard InChI is InChI=1S/C23H22ClFN2O6S/c1-4-33-20-10-9-14(11-18(20)26-23(28)15-7-5-6-8-17(15)25)34(29,30)27-19-13-21(31-2)16(24)12-22(19)32-3/h5-13,27H,4H2,1-3H3,(H,26,28). The molecule has 0 aromatic heterocycles.